The minimum absolute atomic E-state index is 0.0636. The summed E-state index contributed by atoms with van der Waals surface area (Å²) in [7, 11) is -2.24. The Labute approximate surface area is 100.0 Å². The van der Waals surface area contributed by atoms with Crippen molar-refractivity contribution in [1.29, 1.82) is 0 Å². The van der Waals surface area contributed by atoms with Crippen LogP contribution in [0.15, 0.2) is 18.5 Å². The van der Waals surface area contributed by atoms with Crippen molar-refractivity contribution in [1.82, 2.24) is 4.98 Å². The first-order chi connectivity index (χ1) is 7.78. The Morgan fingerprint density at radius 3 is 2.53 bits per heavy atom. The molecule has 0 bridgehead atoms. The minimum Gasteiger partial charge on any atom is -0.478 e. The fourth-order valence-electron chi connectivity index (χ4n) is 1.27. The van der Waals surface area contributed by atoms with Crippen LogP contribution in [-0.4, -0.2) is 36.8 Å². The zero-order valence-corrected chi connectivity index (χ0v) is 10.6. The third-order valence-corrected chi connectivity index (χ3v) is 4.50. The van der Waals surface area contributed by atoms with Crippen molar-refractivity contribution in [2.24, 2.45) is 0 Å². The van der Waals surface area contributed by atoms with Gasteiger partial charge in [0, 0.05) is 13.2 Å². The van der Waals surface area contributed by atoms with E-state index < -0.39 is 21.2 Å². The van der Waals surface area contributed by atoms with Gasteiger partial charge in [-0.25, -0.2) is 13.2 Å². The normalized spacial score (nSPS) is 11.5. The number of pyridine rings is 1. The van der Waals surface area contributed by atoms with Crippen LogP contribution in [0.4, 0.5) is 5.69 Å². The molecule has 0 saturated carbocycles. The molecule has 1 aromatic heterocycles. The fraction of sp³-hybridized carbons (Fsp3) is 0.400. The van der Waals surface area contributed by atoms with E-state index in [4.69, 9.17) is 5.11 Å². The van der Waals surface area contributed by atoms with Crippen molar-refractivity contribution < 1.29 is 18.3 Å². The van der Waals surface area contributed by atoms with Gasteiger partial charge in [-0.2, -0.15) is 0 Å². The molecule has 1 rings (SSSR count). The Balaban J connectivity index is 3.31. The zero-order chi connectivity index (χ0) is 13.2. The highest BCUT2D eigenvalue weighted by Gasteiger charge is 2.26. The van der Waals surface area contributed by atoms with E-state index in [9.17, 15) is 13.2 Å². The second kappa shape index (κ2) is 4.70. The summed E-state index contributed by atoms with van der Waals surface area (Å²) in [5.41, 5.74) is -0.0274. The monoisotopic (exact) mass is 258 g/mol. The van der Waals surface area contributed by atoms with E-state index in [2.05, 4.69) is 4.98 Å². The number of carbonyl (C=O) groups is 1. The van der Waals surface area contributed by atoms with Crippen LogP contribution in [0, 0.1) is 0 Å². The van der Waals surface area contributed by atoms with Gasteiger partial charge in [-0.05, 0) is 19.9 Å². The van der Waals surface area contributed by atoms with Crippen LogP contribution in [0.1, 0.15) is 24.2 Å². The summed E-state index contributed by atoms with van der Waals surface area (Å²) in [6.45, 7) is 3.06. The number of hydrogen-bond acceptors (Lipinski definition) is 4. The summed E-state index contributed by atoms with van der Waals surface area (Å²) in [6, 6.07) is 1.27. The van der Waals surface area contributed by atoms with Gasteiger partial charge in [-0.3, -0.25) is 9.29 Å². The summed E-state index contributed by atoms with van der Waals surface area (Å²) < 4.78 is 24.8. The molecule has 1 aromatic rings. The van der Waals surface area contributed by atoms with Gasteiger partial charge in [-0.15, -0.1) is 0 Å². The first-order valence-corrected chi connectivity index (χ1v) is 6.44. The molecule has 1 heterocycles. The number of aromatic carboxylic acids is 1. The number of rotatable bonds is 4. The first kappa shape index (κ1) is 13.4. The largest absolute Gasteiger partial charge is 0.478 e. The van der Waals surface area contributed by atoms with Crippen molar-refractivity contribution in [2.45, 2.75) is 19.1 Å². The van der Waals surface area contributed by atoms with E-state index in [0.717, 1.165) is 4.31 Å². The molecular weight excluding hydrogens is 244 g/mol. The molecule has 0 unspecified atom stereocenters. The maximum Gasteiger partial charge on any atom is 0.337 e. The standard InChI is InChI=1S/C10H14N2O4S/c1-7(2)17(15,16)12(3)9-6-11-5-4-8(9)10(13)14/h4-7H,1-3H3,(H,13,14). The van der Waals surface area contributed by atoms with Gasteiger partial charge < -0.3 is 5.11 Å². The molecule has 0 fully saturated rings. The minimum atomic E-state index is -3.56. The summed E-state index contributed by atoms with van der Waals surface area (Å²) in [5.74, 6) is -1.19. The molecule has 0 aromatic carbocycles. The smallest absolute Gasteiger partial charge is 0.337 e. The van der Waals surface area contributed by atoms with Gasteiger partial charge in [0.25, 0.3) is 0 Å². The van der Waals surface area contributed by atoms with E-state index in [1.54, 1.807) is 0 Å². The molecule has 7 heteroatoms. The Bertz CT molecular complexity index is 525. The number of carboxylic acid groups (broad SMARTS) is 1. The second-order valence-electron chi connectivity index (χ2n) is 3.76. The van der Waals surface area contributed by atoms with Crippen LogP contribution < -0.4 is 4.31 Å². The fourth-order valence-corrected chi connectivity index (χ4v) is 2.32. The third kappa shape index (κ3) is 2.55. The van der Waals surface area contributed by atoms with Crippen LogP contribution in [0.5, 0.6) is 0 Å². The van der Waals surface area contributed by atoms with Crippen molar-refractivity contribution in [2.75, 3.05) is 11.4 Å². The summed E-state index contributed by atoms with van der Waals surface area (Å²) in [6.07, 6.45) is 2.53. The van der Waals surface area contributed by atoms with Crippen LogP contribution >= 0.6 is 0 Å². The van der Waals surface area contributed by atoms with E-state index in [1.807, 2.05) is 0 Å². The lowest BCUT2D eigenvalue weighted by molar-refractivity contribution is 0.0697. The average molecular weight is 258 g/mol. The lowest BCUT2D eigenvalue weighted by Gasteiger charge is -2.22. The summed E-state index contributed by atoms with van der Waals surface area (Å²) >= 11 is 0. The first-order valence-electron chi connectivity index (χ1n) is 4.93. The summed E-state index contributed by atoms with van der Waals surface area (Å²) in [5, 5.41) is 8.34. The van der Waals surface area contributed by atoms with Crippen LogP contribution in [0.2, 0.25) is 0 Å². The van der Waals surface area contributed by atoms with Gasteiger partial charge in [0.1, 0.15) is 0 Å². The molecule has 0 aliphatic heterocycles. The number of nitrogens with zero attached hydrogens (tertiary/aromatic N) is 2. The third-order valence-electron chi connectivity index (χ3n) is 2.35. The van der Waals surface area contributed by atoms with Crippen LogP contribution in [0.25, 0.3) is 0 Å². The van der Waals surface area contributed by atoms with Crippen molar-refractivity contribution >= 4 is 21.7 Å². The Kier molecular flexibility index (Phi) is 3.72. The predicted molar refractivity (Wildman–Crippen MR) is 63.7 cm³/mol. The maximum absolute atomic E-state index is 11.9. The van der Waals surface area contributed by atoms with Crippen LogP contribution in [-0.2, 0) is 10.0 Å². The summed E-state index contributed by atoms with van der Waals surface area (Å²) in [4.78, 5) is 14.7. The predicted octanol–water partition coefficient (Wildman–Crippen LogP) is 0.954. The van der Waals surface area contributed by atoms with Gasteiger partial charge in [0.05, 0.1) is 22.7 Å². The second-order valence-corrected chi connectivity index (χ2v) is 6.28. The van der Waals surface area contributed by atoms with Gasteiger partial charge in [-0.1, -0.05) is 0 Å². The van der Waals surface area contributed by atoms with E-state index in [0.29, 0.717) is 0 Å². The molecule has 0 amide bonds. The van der Waals surface area contributed by atoms with Crippen LogP contribution in [0.3, 0.4) is 0 Å². The average Bonchev–Trinajstić information content (AvgIpc) is 2.27. The highest BCUT2D eigenvalue weighted by Crippen LogP contribution is 2.22. The molecule has 0 saturated heterocycles. The Hall–Kier alpha value is -1.63. The number of aromatic nitrogens is 1. The number of sulfonamides is 1. The highest BCUT2D eigenvalue weighted by molar-refractivity contribution is 7.93. The molecule has 0 aliphatic carbocycles. The zero-order valence-electron chi connectivity index (χ0n) is 9.78. The highest BCUT2D eigenvalue weighted by atomic mass is 32.2. The molecule has 17 heavy (non-hydrogen) atoms. The SMILES string of the molecule is CC(C)S(=O)(=O)N(C)c1cnccc1C(=O)O. The molecule has 6 nitrogen and oxygen atoms in total. The molecule has 0 radical (unpaired) electrons. The molecule has 0 aliphatic rings. The van der Waals surface area contributed by atoms with Gasteiger partial charge in [0.2, 0.25) is 10.0 Å². The molecule has 94 valence electrons. The van der Waals surface area contributed by atoms with E-state index in [1.165, 1.54) is 39.4 Å². The van der Waals surface area contributed by atoms with E-state index in [-0.39, 0.29) is 11.3 Å². The number of hydrogen-bond donors (Lipinski definition) is 1. The molecule has 0 atom stereocenters. The molecule has 1 N–H and O–H groups in total. The van der Waals surface area contributed by atoms with Crippen molar-refractivity contribution in [3.63, 3.8) is 0 Å². The Morgan fingerprint density at radius 2 is 2.06 bits per heavy atom. The number of anilines is 1. The van der Waals surface area contributed by atoms with Gasteiger partial charge in [0.15, 0.2) is 0 Å². The Morgan fingerprint density at radius 1 is 1.47 bits per heavy atom. The van der Waals surface area contributed by atoms with Crippen molar-refractivity contribution in [3.05, 3.63) is 24.0 Å². The lowest BCUT2D eigenvalue weighted by atomic mass is 10.2. The van der Waals surface area contributed by atoms with Crippen molar-refractivity contribution in [3.8, 4) is 0 Å². The van der Waals surface area contributed by atoms with E-state index >= 15 is 0 Å². The van der Waals surface area contributed by atoms with Gasteiger partial charge >= 0.3 is 5.97 Å². The maximum atomic E-state index is 11.9. The topological polar surface area (TPSA) is 87.6 Å². The number of carboxylic acids is 1. The quantitative estimate of drug-likeness (QED) is 0.868. The lowest BCUT2D eigenvalue weighted by Crippen LogP contribution is -2.34. The molecular formula is C10H14N2O4S. The molecule has 0 spiro atoms.